The van der Waals surface area contributed by atoms with Crippen molar-refractivity contribution in [3.05, 3.63) is 54.3 Å². The molecule has 0 aromatic heterocycles. The molecule has 2 aromatic rings. The van der Waals surface area contributed by atoms with Crippen molar-refractivity contribution in [3.63, 3.8) is 0 Å². The van der Waals surface area contributed by atoms with Gasteiger partial charge < -0.3 is 14.4 Å². The minimum absolute atomic E-state index is 0.0201. The topological polar surface area (TPSA) is 93.2 Å². The van der Waals surface area contributed by atoms with E-state index in [1.54, 1.807) is 24.3 Å². The van der Waals surface area contributed by atoms with Gasteiger partial charge in [-0.25, -0.2) is 17.6 Å². The summed E-state index contributed by atoms with van der Waals surface area (Å²) in [6.07, 6.45) is -0.263. The molecule has 1 fully saturated rings. The summed E-state index contributed by atoms with van der Waals surface area (Å²) in [5.74, 6) is -1.26. The Morgan fingerprint density at radius 3 is 2.38 bits per heavy atom. The number of esters is 1. The third-order valence-corrected chi connectivity index (χ3v) is 7.67. The molecule has 0 unspecified atom stereocenters. The Morgan fingerprint density at radius 1 is 1.06 bits per heavy atom. The summed E-state index contributed by atoms with van der Waals surface area (Å²) in [5, 5.41) is 0. The van der Waals surface area contributed by atoms with E-state index in [1.807, 2.05) is 0 Å². The first-order valence-corrected chi connectivity index (χ1v) is 11.7. The number of para-hydroxylation sites is 2. The molecule has 32 heavy (non-hydrogen) atoms. The van der Waals surface area contributed by atoms with E-state index in [1.165, 1.54) is 28.4 Å². The van der Waals surface area contributed by atoms with Gasteiger partial charge in [0.2, 0.25) is 22.0 Å². The molecule has 0 N–H and O–H groups in total. The summed E-state index contributed by atoms with van der Waals surface area (Å²) >= 11 is 0. The molecule has 1 saturated heterocycles. The molecule has 0 saturated carbocycles. The Kier molecular flexibility index (Phi) is 6.16. The number of methoxy groups -OCH3 is 1. The highest BCUT2D eigenvalue weighted by atomic mass is 32.2. The van der Waals surface area contributed by atoms with Gasteiger partial charge in [-0.3, -0.25) is 4.79 Å². The number of sulfonamides is 1. The molecule has 1 amide bonds. The van der Waals surface area contributed by atoms with Crippen molar-refractivity contribution in [1.82, 2.24) is 4.31 Å². The molecule has 2 aromatic carbocycles. The van der Waals surface area contributed by atoms with Crippen molar-refractivity contribution in [2.45, 2.75) is 23.8 Å². The molecule has 0 aliphatic carbocycles. The normalized spacial score (nSPS) is 19.7. The number of hydrogen-bond acceptors (Lipinski definition) is 6. The maximum Gasteiger partial charge on any atom is 0.348 e. The molecule has 1 atom stereocenters. The van der Waals surface area contributed by atoms with E-state index in [4.69, 9.17) is 9.47 Å². The fourth-order valence-electron chi connectivity index (χ4n) is 4.02. The number of nitrogens with zero attached hydrogens (tertiary/aromatic N) is 2. The van der Waals surface area contributed by atoms with Gasteiger partial charge in [0.15, 0.2) is 0 Å². The van der Waals surface area contributed by atoms with Crippen molar-refractivity contribution >= 4 is 27.6 Å². The second kappa shape index (κ2) is 8.87. The van der Waals surface area contributed by atoms with E-state index < -0.39 is 33.8 Å². The molecule has 2 aliphatic rings. The first-order chi connectivity index (χ1) is 15.3. The van der Waals surface area contributed by atoms with Gasteiger partial charge in [0.05, 0.1) is 24.2 Å². The standard InChI is InChI=1S/C22H23FN2O6S/c1-30-22(27)20-14-25(18-4-2-3-5-19(18)31-20)21(26)15-10-12-24(13-11-15)32(28,29)17-8-6-16(23)7-9-17/h2-9,15,20H,10-14H2,1H3/t20-/m0/s1. The van der Waals surface area contributed by atoms with Crippen molar-refractivity contribution in [2.24, 2.45) is 5.92 Å². The van der Waals surface area contributed by atoms with Crippen molar-refractivity contribution in [2.75, 3.05) is 31.6 Å². The Morgan fingerprint density at radius 2 is 1.72 bits per heavy atom. The second-order valence-electron chi connectivity index (χ2n) is 7.68. The fourth-order valence-corrected chi connectivity index (χ4v) is 5.49. The number of carbonyl (C=O) groups excluding carboxylic acids is 2. The summed E-state index contributed by atoms with van der Waals surface area (Å²) in [5.41, 5.74) is 0.569. The predicted octanol–water partition coefficient (Wildman–Crippen LogP) is 2.19. The number of piperidine rings is 1. The number of rotatable bonds is 4. The van der Waals surface area contributed by atoms with Crippen molar-refractivity contribution < 1.29 is 31.9 Å². The largest absolute Gasteiger partial charge is 0.475 e. The van der Waals surface area contributed by atoms with Crippen LogP contribution in [0.2, 0.25) is 0 Å². The second-order valence-corrected chi connectivity index (χ2v) is 9.62. The maximum absolute atomic E-state index is 13.3. The minimum atomic E-state index is -3.76. The molecule has 0 spiro atoms. The summed E-state index contributed by atoms with van der Waals surface area (Å²) in [6, 6.07) is 11.6. The minimum Gasteiger partial charge on any atom is -0.475 e. The first kappa shape index (κ1) is 22.2. The average Bonchev–Trinajstić information content (AvgIpc) is 2.82. The van der Waals surface area contributed by atoms with Gasteiger partial charge in [-0.15, -0.1) is 0 Å². The molecule has 0 radical (unpaired) electrons. The Hall–Kier alpha value is -2.98. The van der Waals surface area contributed by atoms with Crippen LogP contribution >= 0.6 is 0 Å². The number of benzene rings is 2. The van der Waals surface area contributed by atoms with Gasteiger partial charge >= 0.3 is 5.97 Å². The van der Waals surface area contributed by atoms with Gasteiger partial charge in [0, 0.05) is 19.0 Å². The highest BCUT2D eigenvalue weighted by molar-refractivity contribution is 7.89. The zero-order valence-corrected chi connectivity index (χ0v) is 18.3. The molecule has 8 nitrogen and oxygen atoms in total. The smallest absolute Gasteiger partial charge is 0.348 e. The van der Waals surface area contributed by atoms with E-state index in [2.05, 4.69) is 0 Å². The summed E-state index contributed by atoms with van der Waals surface area (Å²) < 4.78 is 50.6. The zero-order valence-electron chi connectivity index (χ0n) is 17.4. The third-order valence-electron chi connectivity index (χ3n) is 5.76. The van der Waals surface area contributed by atoms with Crippen molar-refractivity contribution in [3.8, 4) is 5.75 Å². The van der Waals surface area contributed by atoms with E-state index in [0.717, 1.165) is 12.1 Å². The zero-order chi connectivity index (χ0) is 22.9. The lowest BCUT2D eigenvalue weighted by molar-refractivity contribution is -0.148. The monoisotopic (exact) mass is 462 g/mol. The van der Waals surface area contributed by atoms with Crippen LogP contribution in [0.3, 0.4) is 0 Å². The number of hydrogen-bond donors (Lipinski definition) is 0. The maximum atomic E-state index is 13.3. The first-order valence-electron chi connectivity index (χ1n) is 10.2. The van der Waals surface area contributed by atoms with Crippen LogP contribution in [-0.4, -0.2) is 57.4 Å². The molecule has 2 aliphatic heterocycles. The van der Waals surface area contributed by atoms with Gasteiger partial charge in [-0.05, 0) is 49.2 Å². The number of fused-ring (bicyclic) bond motifs is 1. The quantitative estimate of drug-likeness (QED) is 0.647. The van der Waals surface area contributed by atoms with Crippen LogP contribution in [0.4, 0.5) is 10.1 Å². The number of anilines is 1. The predicted molar refractivity (Wildman–Crippen MR) is 113 cm³/mol. The Labute approximate surface area is 185 Å². The lowest BCUT2D eigenvalue weighted by Crippen LogP contribution is -2.51. The molecule has 10 heteroatoms. The van der Waals surface area contributed by atoms with E-state index in [9.17, 15) is 22.4 Å². The highest BCUT2D eigenvalue weighted by Gasteiger charge is 2.39. The van der Waals surface area contributed by atoms with Gasteiger partial charge in [-0.2, -0.15) is 4.31 Å². The van der Waals surface area contributed by atoms with E-state index in [-0.39, 0.29) is 30.4 Å². The summed E-state index contributed by atoms with van der Waals surface area (Å²) in [6.45, 7) is 0.363. The third kappa shape index (κ3) is 4.20. The lowest BCUT2D eigenvalue weighted by Gasteiger charge is -2.37. The molecule has 4 rings (SSSR count). The molecule has 2 heterocycles. The molecular formula is C22H23FN2O6S. The van der Waals surface area contributed by atoms with Gasteiger partial charge in [-0.1, -0.05) is 12.1 Å². The number of carbonyl (C=O) groups is 2. The fraction of sp³-hybridized carbons (Fsp3) is 0.364. The van der Waals surface area contributed by atoms with Crippen molar-refractivity contribution in [1.29, 1.82) is 0 Å². The van der Waals surface area contributed by atoms with Crippen LogP contribution in [-0.2, 0) is 24.3 Å². The van der Waals surface area contributed by atoms with E-state index >= 15 is 0 Å². The Bertz CT molecular complexity index is 1110. The summed E-state index contributed by atoms with van der Waals surface area (Å²) in [4.78, 5) is 26.9. The van der Waals surface area contributed by atoms with E-state index in [0.29, 0.717) is 24.3 Å². The van der Waals surface area contributed by atoms with Gasteiger partial charge in [0.25, 0.3) is 0 Å². The molecule has 170 valence electrons. The van der Waals surface area contributed by atoms with Crippen LogP contribution in [0.1, 0.15) is 12.8 Å². The number of ether oxygens (including phenoxy) is 2. The van der Waals surface area contributed by atoms with Crippen LogP contribution in [0.15, 0.2) is 53.4 Å². The van der Waals surface area contributed by atoms with Crippen LogP contribution in [0.5, 0.6) is 5.75 Å². The number of halogens is 1. The SMILES string of the molecule is COC(=O)[C@@H]1CN(C(=O)C2CCN(S(=O)(=O)c3ccc(F)cc3)CC2)c2ccccc2O1. The van der Waals surface area contributed by atoms with Crippen LogP contribution in [0, 0.1) is 11.7 Å². The highest BCUT2D eigenvalue weighted by Crippen LogP contribution is 2.36. The molecule has 0 bridgehead atoms. The number of amides is 1. The Balaban J connectivity index is 1.48. The summed E-state index contributed by atoms with van der Waals surface area (Å²) in [7, 11) is -2.50. The molecular weight excluding hydrogens is 439 g/mol. The van der Waals surface area contributed by atoms with Crippen LogP contribution in [0.25, 0.3) is 0 Å². The van der Waals surface area contributed by atoms with Gasteiger partial charge in [0.1, 0.15) is 11.6 Å². The average molecular weight is 462 g/mol. The lowest BCUT2D eigenvalue weighted by atomic mass is 9.95. The van der Waals surface area contributed by atoms with Crippen LogP contribution < -0.4 is 9.64 Å².